The van der Waals surface area contributed by atoms with Gasteiger partial charge in [0, 0.05) is 11.1 Å². The van der Waals surface area contributed by atoms with Crippen molar-refractivity contribution in [2.75, 3.05) is 14.1 Å². The average Bonchev–Trinajstić information content (AvgIpc) is 2.37. The van der Waals surface area contributed by atoms with E-state index < -0.39 is 0 Å². The maximum Gasteiger partial charge on any atom is 0.128 e. The van der Waals surface area contributed by atoms with Crippen LogP contribution in [0.15, 0.2) is 24.3 Å². The predicted octanol–water partition coefficient (Wildman–Crippen LogP) is 2.45. The molecule has 0 spiro atoms. The number of nitrogens with two attached hydrogens (primary N) is 1. The second-order valence-corrected chi connectivity index (χ2v) is 4.83. The second-order valence-electron chi connectivity index (χ2n) is 4.83. The average molecular weight is 253 g/mol. The topological polar surface area (TPSA) is 41.3 Å². The Morgan fingerprint density at radius 1 is 1.28 bits per heavy atom. The van der Waals surface area contributed by atoms with Crippen LogP contribution in [0, 0.1) is 5.82 Å². The van der Waals surface area contributed by atoms with E-state index in [0.29, 0.717) is 5.56 Å². The lowest BCUT2D eigenvalue weighted by Gasteiger charge is -2.45. The molecule has 102 valence electrons. The summed E-state index contributed by atoms with van der Waals surface area (Å²) in [7, 11) is 4.02. The molecule has 1 unspecified atom stereocenters. The van der Waals surface area contributed by atoms with Crippen molar-refractivity contribution >= 4 is 0 Å². The maximum atomic E-state index is 14.0. The Labute approximate surface area is 109 Å². The van der Waals surface area contributed by atoms with E-state index in [9.17, 15) is 4.39 Å². The maximum absolute atomic E-state index is 14.0. The molecule has 18 heavy (non-hydrogen) atoms. The first-order valence-corrected chi connectivity index (χ1v) is 6.41. The van der Waals surface area contributed by atoms with Gasteiger partial charge >= 0.3 is 0 Å². The van der Waals surface area contributed by atoms with Crippen molar-refractivity contribution in [3.05, 3.63) is 35.6 Å². The van der Waals surface area contributed by atoms with Crippen LogP contribution in [0.25, 0.3) is 0 Å². The van der Waals surface area contributed by atoms with Gasteiger partial charge in [-0.2, -0.15) is 0 Å². The van der Waals surface area contributed by atoms with Crippen LogP contribution in [0.1, 0.15) is 38.3 Å². The van der Waals surface area contributed by atoms with Gasteiger partial charge in [-0.3, -0.25) is 11.3 Å². The molecule has 0 amide bonds. The molecule has 0 heterocycles. The molecule has 4 heteroatoms. The van der Waals surface area contributed by atoms with Crippen molar-refractivity contribution in [3.8, 4) is 0 Å². The molecule has 3 nitrogen and oxygen atoms in total. The number of hydrogen-bond acceptors (Lipinski definition) is 3. The van der Waals surface area contributed by atoms with E-state index >= 15 is 0 Å². The fourth-order valence-corrected chi connectivity index (χ4v) is 2.79. The molecular formula is C14H24FN3. The minimum absolute atomic E-state index is 0.197. The van der Waals surface area contributed by atoms with Gasteiger partial charge in [0.1, 0.15) is 5.82 Å². The summed E-state index contributed by atoms with van der Waals surface area (Å²) < 4.78 is 14.0. The molecule has 0 fully saturated rings. The molecule has 1 rings (SSSR count). The lowest BCUT2D eigenvalue weighted by atomic mass is 9.80. The Balaban J connectivity index is 3.27. The number of nitrogens with one attached hydrogen (secondary N) is 1. The zero-order valence-electron chi connectivity index (χ0n) is 11.7. The van der Waals surface area contributed by atoms with Crippen molar-refractivity contribution in [1.82, 2.24) is 10.3 Å². The summed E-state index contributed by atoms with van der Waals surface area (Å²) in [6.07, 6.45) is 1.78. The van der Waals surface area contributed by atoms with Crippen LogP contribution in [0.3, 0.4) is 0 Å². The summed E-state index contributed by atoms with van der Waals surface area (Å²) in [6, 6.07) is 6.58. The molecule has 3 N–H and O–H groups in total. The van der Waals surface area contributed by atoms with Gasteiger partial charge in [0.25, 0.3) is 0 Å². The fourth-order valence-electron chi connectivity index (χ4n) is 2.79. The molecular weight excluding hydrogens is 229 g/mol. The van der Waals surface area contributed by atoms with E-state index in [4.69, 9.17) is 5.84 Å². The van der Waals surface area contributed by atoms with Gasteiger partial charge in [-0.15, -0.1) is 0 Å². The zero-order valence-corrected chi connectivity index (χ0v) is 11.7. The quantitative estimate of drug-likeness (QED) is 0.604. The molecule has 0 radical (unpaired) electrons. The minimum Gasteiger partial charge on any atom is -0.302 e. The van der Waals surface area contributed by atoms with E-state index in [2.05, 4.69) is 24.2 Å². The molecule has 0 aromatic heterocycles. The largest absolute Gasteiger partial charge is 0.302 e. The summed E-state index contributed by atoms with van der Waals surface area (Å²) in [6.45, 7) is 4.21. The monoisotopic (exact) mass is 253 g/mol. The summed E-state index contributed by atoms with van der Waals surface area (Å²) in [5.41, 5.74) is 3.23. The van der Waals surface area contributed by atoms with Crippen LogP contribution in [0.2, 0.25) is 0 Å². The van der Waals surface area contributed by atoms with E-state index in [1.807, 2.05) is 20.2 Å². The highest BCUT2D eigenvalue weighted by Gasteiger charge is 2.39. The number of hydrogen-bond donors (Lipinski definition) is 2. The van der Waals surface area contributed by atoms with Crippen molar-refractivity contribution < 1.29 is 4.39 Å². The number of nitrogens with zero attached hydrogens (tertiary/aromatic N) is 1. The highest BCUT2D eigenvalue weighted by molar-refractivity contribution is 5.25. The number of rotatable bonds is 6. The van der Waals surface area contributed by atoms with E-state index in [1.165, 1.54) is 6.07 Å². The molecule has 0 saturated carbocycles. The van der Waals surface area contributed by atoms with Crippen LogP contribution < -0.4 is 11.3 Å². The number of benzene rings is 1. The van der Waals surface area contributed by atoms with Crippen molar-refractivity contribution in [2.45, 2.75) is 38.3 Å². The van der Waals surface area contributed by atoms with Gasteiger partial charge in [0.05, 0.1) is 6.04 Å². The molecule has 1 aromatic carbocycles. The third kappa shape index (κ3) is 2.55. The molecule has 0 aliphatic rings. The van der Waals surface area contributed by atoms with Crippen LogP contribution in [0.4, 0.5) is 4.39 Å². The smallest absolute Gasteiger partial charge is 0.128 e. The van der Waals surface area contributed by atoms with Gasteiger partial charge in [-0.1, -0.05) is 32.0 Å². The minimum atomic E-state index is -0.233. The highest BCUT2D eigenvalue weighted by atomic mass is 19.1. The number of hydrazine groups is 1. The van der Waals surface area contributed by atoms with Crippen LogP contribution in [-0.4, -0.2) is 24.5 Å². The van der Waals surface area contributed by atoms with Crippen molar-refractivity contribution in [1.29, 1.82) is 0 Å². The molecule has 0 bridgehead atoms. The third-order valence-electron chi connectivity index (χ3n) is 4.04. The standard InChI is InChI=1S/C14H24FN3/c1-5-14(6-2,18(3)4)13(17-16)11-9-7-8-10-12(11)15/h7-10,13,17H,5-6,16H2,1-4H3. The first kappa shape index (κ1) is 15.1. The molecule has 1 atom stereocenters. The lowest BCUT2D eigenvalue weighted by molar-refractivity contribution is 0.0865. The first-order chi connectivity index (χ1) is 8.53. The second kappa shape index (κ2) is 6.27. The predicted molar refractivity (Wildman–Crippen MR) is 73.5 cm³/mol. The lowest BCUT2D eigenvalue weighted by Crippen LogP contribution is -2.54. The van der Waals surface area contributed by atoms with Gasteiger partial charge in [-0.05, 0) is 33.0 Å². The van der Waals surface area contributed by atoms with Crippen molar-refractivity contribution in [3.63, 3.8) is 0 Å². The zero-order chi connectivity index (χ0) is 13.8. The third-order valence-corrected chi connectivity index (χ3v) is 4.04. The Morgan fingerprint density at radius 3 is 2.22 bits per heavy atom. The summed E-state index contributed by atoms with van der Waals surface area (Å²) in [5, 5.41) is 0. The Kier molecular flexibility index (Phi) is 5.26. The van der Waals surface area contributed by atoms with Gasteiger partial charge in [0.15, 0.2) is 0 Å². The Morgan fingerprint density at radius 2 is 1.83 bits per heavy atom. The number of likely N-dealkylation sites (N-methyl/N-ethyl adjacent to an activating group) is 1. The fraction of sp³-hybridized carbons (Fsp3) is 0.571. The van der Waals surface area contributed by atoms with E-state index in [1.54, 1.807) is 12.1 Å². The summed E-state index contributed by atoms with van der Waals surface area (Å²) in [5.74, 6) is 5.49. The van der Waals surface area contributed by atoms with Crippen LogP contribution >= 0.6 is 0 Å². The molecule has 0 saturated heterocycles. The molecule has 1 aromatic rings. The van der Waals surface area contributed by atoms with Gasteiger partial charge < -0.3 is 4.90 Å². The van der Waals surface area contributed by atoms with E-state index in [0.717, 1.165) is 12.8 Å². The Hall–Kier alpha value is -0.970. The van der Waals surface area contributed by atoms with E-state index in [-0.39, 0.29) is 17.4 Å². The Bertz CT molecular complexity index is 375. The molecule has 0 aliphatic carbocycles. The summed E-state index contributed by atoms with van der Waals surface area (Å²) in [4.78, 5) is 2.13. The van der Waals surface area contributed by atoms with Crippen molar-refractivity contribution in [2.24, 2.45) is 5.84 Å². The first-order valence-electron chi connectivity index (χ1n) is 6.41. The molecule has 0 aliphatic heterocycles. The van der Waals surface area contributed by atoms with Crippen LogP contribution in [0.5, 0.6) is 0 Å². The van der Waals surface area contributed by atoms with Gasteiger partial charge in [-0.25, -0.2) is 4.39 Å². The normalized spacial score (nSPS) is 13.9. The SMILES string of the molecule is CCC(CC)(C(NN)c1ccccc1F)N(C)C. The number of halogens is 1. The van der Waals surface area contributed by atoms with Gasteiger partial charge in [0.2, 0.25) is 0 Å². The highest BCUT2D eigenvalue weighted by Crippen LogP contribution is 2.36. The summed E-state index contributed by atoms with van der Waals surface area (Å²) >= 11 is 0. The van der Waals surface area contributed by atoms with Crippen LogP contribution in [-0.2, 0) is 0 Å².